The molecule has 0 unspecified atom stereocenters. The van der Waals surface area contributed by atoms with Crippen LogP contribution in [0, 0.1) is 0 Å². The van der Waals surface area contributed by atoms with Crippen LogP contribution >= 0.6 is 0 Å². The van der Waals surface area contributed by atoms with Gasteiger partial charge in [0.2, 0.25) is 0 Å². The van der Waals surface area contributed by atoms with Crippen molar-refractivity contribution in [1.29, 1.82) is 0 Å². The Hall–Kier alpha value is -2.03. The highest BCUT2D eigenvalue weighted by atomic mass is 15.3. The van der Waals surface area contributed by atoms with E-state index in [2.05, 4.69) is 64.7 Å². The lowest BCUT2D eigenvalue weighted by molar-refractivity contribution is 0.445. The number of hydrogen-bond acceptors (Lipinski definition) is 3. The van der Waals surface area contributed by atoms with Gasteiger partial charge in [0.15, 0.2) is 5.96 Å². The third kappa shape index (κ3) is 2.37. The minimum atomic E-state index is 0.537. The van der Waals surface area contributed by atoms with Crippen LogP contribution in [0.15, 0.2) is 47.5 Å². The monoisotopic (exact) mass is 279 g/mol. The summed E-state index contributed by atoms with van der Waals surface area (Å²) in [5, 5.41) is 6.37. The number of nitrogens with zero attached hydrogens (tertiary/aromatic N) is 2. The molecule has 0 aromatic heterocycles. The third-order valence-corrected chi connectivity index (χ3v) is 4.60. The Morgan fingerprint density at radius 1 is 1.14 bits per heavy atom. The van der Waals surface area contributed by atoms with Gasteiger partial charge in [-0.05, 0) is 29.2 Å². The molecule has 1 aliphatic carbocycles. The average molecular weight is 279 g/mol. The van der Waals surface area contributed by atoms with Gasteiger partial charge in [0.05, 0.1) is 0 Å². The second-order valence-corrected chi connectivity index (χ2v) is 6.14. The van der Waals surface area contributed by atoms with Gasteiger partial charge in [-0.15, -0.1) is 0 Å². The lowest BCUT2D eigenvalue weighted by atomic mass is 10.0. The van der Waals surface area contributed by atoms with E-state index >= 15 is 0 Å². The molecule has 0 amide bonds. The first-order valence-electron chi connectivity index (χ1n) is 7.83. The van der Waals surface area contributed by atoms with Crippen LogP contribution in [0.3, 0.4) is 0 Å². The molecule has 1 heterocycles. The summed E-state index contributed by atoms with van der Waals surface area (Å²) in [4.78, 5) is 6.85. The summed E-state index contributed by atoms with van der Waals surface area (Å²) in [6.45, 7) is 2.07. The van der Waals surface area contributed by atoms with Gasteiger partial charge in [0.25, 0.3) is 0 Å². The molecule has 0 radical (unpaired) electrons. The molecule has 2 aromatic rings. The normalized spacial score (nSPS) is 24.8. The van der Waals surface area contributed by atoms with Gasteiger partial charge in [-0.1, -0.05) is 42.5 Å². The van der Waals surface area contributed by atoms with Gasteiger partial charge < -0.3 is 10.2 Å². The molecule has 108 valence electrons. The Labute approximate surface area is 125 Å². The second kappa shape index (κ2) is 5.06. The average Bonchev–Trinajstić information content (AvgIpc) is 3.28. The van der Waals surface area contributed by atoms with E-state index in [1.54, 1.807) is 0 Å². The molecule has 1 saturated carbocycles. The zero-order chi connectivity index (χ0) is 14.2. The SMILES string of the molecule is CN1CCCN=C1N[C@@H]1C[C@H]1c1cccc2ccccc12. The number of hydrogen-bond donors (Lipinski definition) is 1. The standard InChI is InChI=1S/C18H21N3/c1-21-11-5-10-19-18(21)20-17-12-16(17)15-9-4-7-13-6-2-3-8-14(13)15/h2-4,6-9,16-17H,5,10-12H2,1H3,(H,19,20)/t16-,17+/m0/s1. The van der Waals surface area contributed by atoms with Crippen molar-refractivity contribution < 1.29 is 0 Å². The topological polar surface area (TPSA) is 27.6 Å². The zero-order valence-electron chi connectivity index (χ0n) is 12.4. The van der Waals surface area contributed by atoms with Crippen LogP contribution in [-0.2, 0) is 0 Å². The summed E-state index contributed by atoms with van der Waals surface area (Å²) < 4.78 is 0. The maximum absolute atomic E-state index is 4.61. The number of aliphatic imine (C=N–C) groups is 1. The maximum Gasteiger partial charge on any atom is 0.193 e. The molecule has 1 aliphatic heterocycles. The van der Waals surface area contributed by atoms with Crippen molar-refractivity contribution in [2.24, 2.45) is 4.99 Å². The largest absolute Gasteiger partial charge is 0.353 e. The summed E-state index contributed by atoms with van der Waals surface area (Å²) in [5.74, 6) is 1.70. The molecule has 3 heteroatoms. The van der Waals surface area contributed by atoms with E-state index in [9.17, 15) is 0 Å². The molecule has 21 heavy (non-hydrogen) atoms. The Bertz CT molecular complexity index is 686. The predicted octanol–water partition coefficient (Wildman–Crippen LogP) is 2.98. The summed E-state index contributed by atoms with van der Waals surface area (Å²) in [6.07, 6.45) is 2.37. The number of rotatable bonds is 2. The maximum atomic E-state index is 4.61. The first-order chi connectivity index (χ1) is 10.3. The van der Waals surface area contributed by atoms with Crippen LogP contribution in [0.5, 0.6) is 0 Å². The summed E-state index contributed by atoms with van der Waals surface area (Å²) >= 11 is 0. The molecule has 0 saturated heterocycles. The first-order valence-corrected chi connectivity index (χ1v) is 7.83. The van der Waals surface area contributed by atoms with E-state index in [-0.39, 0.29) is 0 Å². The van der Waals surface area contributed by atoms with Gasteiger partial charge in [0.1, 0.15) is 0 Å². The molecule has 0 bridgehead atoms. The fourth-order valence-corrected chi connectivity index (χ4v) is 3.31. The van der Waals surface area contributed by atoms with Crippen molar-refractivity contribution in [3.63, 3.8) is 0 Å². The lowest BCUT2D eigenvalue weighted by Crippen LogP contribution is -2.43. The minimum absolute atomic E-state index is 0.537. The highest BCUT2D eigenvalue weighted by Crippen LogP contribution is 2.43. The Morgan fingerprint density at radius 2 is 2.00 bits per heavy atom. The summed E-state index contributed by atoms with van der Waals surface area (Å²) in [5.41, 5.74) is 1.48. The molecule has 4 rings (SSSR count). The molecular weight excluding hydrogens is 258 g/mol. The van der Waals surface area contributed by atoms with Crippen molar-refractivity contribution in [3.8, 4) is 0 Å². The fraction of sp³-hybridized carbons (Fsp3) is 0.389. The molecule has 0 spiro atoms. The fourth-order valence-electron chi connectivity index (χ4n) is 3.31. The number of benzene rings is 2. The molecule has 3 nitrogen and oxygen atoms in total. The predicted molar refractivity (Wildman–Crippen MR) is 87.8 cm³/mol. The summed E-state index contributed by atoms with van der Waals surface area (Å²) in [7, 11) is 2.13. The van der Waals surface area contributed by atoms with Crippen molar-refractivity contribution in [1.82, 2.24) is 10.2 Å². The van der Waals surface area contributed by atoms with Crippen LogP contribution < -0.4 is 5.32 Å². The highest BCUT2D eigenvalue weighted by molar-refractivity contribution is 5.87. The zero-order valence-corrected chi connectivity index (χ0v) is 12.4. The van der Waals surface area contributed by atoms with Crippen LogP contribution in [0.4, 0.5) is 0 Å². The van der Waals surface area contributed by atoms with E-state index in [1.807, 2.05) is 0 Å². The van der Waals surface area contributed by atoms with Crippen LogP contribution in [0.25, 0.3) is 10.8 Å². The smallest absolute Gasteiger partial charge is 0.193 e. The van der Waals surface area contributed by atoms with Crippen LogP contribution in [-0.4, -0.2) is 37.0 Å². The third-order valence-electron chi connectivity index (χ3n) is 4.60. The number of nitrogens with one attached hydrogen (secondary N) is 1. The highest BCUT2D eigenvalue weighted by Gasteiger charge is 2.40. The van der Waals surface area contributed by atoms with E-state index in [0.717, 1.165) is 19.0 Å². The van der Waals surface area contributed by atoms with Crippen LogP contribution in [0.2, 0.25) is 0 Å². The molecule has 2 atom stereocenters. The van der Waals surface area contributed by atoms with Gasteiger partial charge in [0, 0.05) is 32.1 Å². The number of guanidine groups is 1. The molecule has 2 aliphatic rings. The molecular formula is C18H21N3. The number of fused-ring (bicyclic) bond motifs is 1. The van der Waals surface area contributed by atoms with Gasteiger partial charge in [-0.3, -0.25) is 4.99 Å². The minimum Gasteiger partial charge on any atom is -0.353 e. The quantitative estimate of drug-likeness (QED) is 0.915. The Kier molecular flexibility index (Phi) is 3.06. The Morgan fingerprint density at radius 3 is 2.90 bits per heavy atom. The van der Waals surface area contributed by atoms with Gasteiger partial charge in [-0.25, -0.2) is 0 Å². The van der Waals surface area contributed by atoms with Crippen LogP contribution in [0.1, 0.15) is 24.3 Å². The van der Waals surface area contributed by atoms with Crippen molar-refractivity contribution in [3.05, 3.63) is 48.0 Å². The van der Waals surface area contributed by atoms with E-state index in [0.29, 0.717) is 12.0 Å². The van der Waals surface area contributed by atoms with E-state index in [1.165, 1.54) is 29.2 Å². The molecule has 1 fully saturated rings. The lowest BCUT2D eigenvalue weighted by Gasteiger charge is -2.25. The van der Waals surface area contributed by atoms with Crippen molar-refractivity contribution >= 4 is 16.7 Å². The van der Waals surface area contributed by atoms with Gasteiger partial charge >= 0.3 is 0 Å². The van der Waals surface area contributed by atoms with Gasteiger partial charge in [-0.2, -0.15) is 0 Å². The van der Waals surface area contributed by atoms with Crippen molar-refractivity contribution in [2.45, 2.75) is 24.8 Å². The van der Waals surface area contributed by atoms with Crippen molar-refractivity contribution in [2.75, 3.05) is 20.1 Å². The molecule has 2 aromatic carbocycles. The Balaban J connectivity index is 1.55. The first kappa shape index (κ1) is 12.7. The molecule has 1 N–H and O–H groups in total. The van der Waals surface area contributed by atoms with E-state index < -0.39 is 0 Å². The summed E-state index contributed by atoms with van der Waals surface area (Å²) in [6, 6.07) is 15.9. The second-order valence-electron chi connectivity index (χ2n) is 6.14. The van der Waals surface area contributed by atoms with E-state index in [4.69, 9.17) is 0 Å².